The van der Waals surface area contributed by atoms with Crippen molar-refractivity contribution in [3.63, 3.8) is 0 Å². The van der Waals surface area contributed by atoms with Gasteiger partial charge in [-0.25, -0.2) is 14.8 Å². The number of carbonyl (C=O) groups excluding carboxylic acids is 1. The summed E-state index contributed by atoms with van der Waals surface area (Å²) >= 11 is 2.10. The van der Waals surface area contributed by atoms with Crippen LogP contribution in [-0.2, 0) is 4.74 Å². The smallest absolute Gasteiger partial charge is 0.416 e. The number of nitrogens with zero attached hydrogens (tertiary/aromatic N) is 3. The van der Waals surface area contributed by atoms with E-state index in [1.54, 1.807) is 6.33 Å². The maximum atomic E-state index is 12.3. The monoisotopic (exact) mass is 403 g/mol. The van der Waals surface area contributed by atoms with Crippen LogP contribution in [0.15, 0.2) is 6.33 Å². The Morgan fingerprint density at radius 1 is 1.52 bits per heavy atom. The molecule has 2 heterocycles. The van der Waals surface area contributed by atoms with E-state index in [0.29, 0.717) is 23.7 Å². The quantitative estimate of drug-likeness (QED) is 0.752. The molecule has 2 rings (SSSR count). The second-order valence-corrected chi connectivity index (χ2v) is 6.56. The highest BCUT2D eigenvalue weighted by Crippen LogP contribution is 2.30. The summed E-state index contributed by atoms with van der Waals surface area (Å²) in [6.45, 7) is 7.71. The first-order valence-electron chi connectivity index (χ1n) is 6.53. The molecule has 0 aromatic carbocycles. The average molecular weight is 403 g/mol. The summed E-state index contributed by atoms with van der Waals surface area (Å²) in [7, 11) is 0. The van der Waals surface area contributed by atoms with Crippen molar-refractivity contribution < 1.29 is 9.53 Å². The molecule has 0 spiro atoms. The van der Waals surface area contributed by atoms with E-state index in [-0.39, 0.29) is 0 Å². The van der Waals surface area contributed by atoms with Gasteiger partial charge in [0, 0.05) is 6.54 Å². The van der Waals surface area contributed by atoms with Crippen molar-refractivity contribution in [1.29, 1.82) is 0 Å². The number of hydrogen-bond donors (Lipinski definition) is 2. The zero-order valence-electron chi connectivity index (χ0n) is 12.4. The molecule has 0 radical (unpaired) electrons. The number of anilines is 2. The van der Waals surface area contributed by atoms with Crippen LogP contribution in [0.5, 0.6) is 0 Å². The van der Waals surface area contributed by atoms with Crippen molar-refractivity contribution >= 4 is 51.4 Å². The number of imidazole rings is 1. The SMILES string of the molecule is CCN(C(=O)OC(C)(C)C)c1nc(N)c(I)c2[nH]cnc12. The second kappa shape index (κ2) is 5.66. The molecule has 1 amide bonds. The number of nitrogen functional groups attached to an aromatic ring is 1. The van der Waals surface area contributed by atoms with Crippen molar-refractivity contribution in [2.75, 3.05) is 17.2 Å². The number of fused-ring (bicyclic) bond motifs is 1. The molecule has 0 atom stereocenters. The maximum absolute atomic E-state index is 12.3. The van der Waals surface area contributed by atoms with Crippen molar-refractivity contribution in [3.05, 3.63) is 9.90 Å². The van der Waals surface area contributed by atoms with Crippen molar-refractivity contribution in [1.82, 2.24) is 15.0 Å². The number of carbonyl (C=O) groups is 1. The van der Waals surface area contributed by atoms with Crippen LogP contribution in [0.4, 0.5) is 16.4 Å². The molecule has 3 N–H and O–H groups in total. The summed E-state index contributed by atoms with van der Waals surface area (Å²) in [5.74, 6) is 0.755. The van der Waals surface area contributed by atoms with Gasteiger partial charge in [0.25, 0.3) is 0 Å². The van der Waals surface area contributed by atoms with Gasteiger partial charge in [0.2, 0.25) is 0 Å². The van der Waals surface area contributed by atoms with Crippen LogP contribution in [0, 0.1) is 3.57 Å². The fourth-order valence-electron chi connectivity index (χ4n) is 1.85. The Hall–Kier alpha value is -1.58. The molecule has 8 heteroatoms. The van der Waals surface area contributed by atoms with Gasteiger partial charge in [-0.05, 0) is 50.3 Å². The predicted molar refractivity (Wildman–Crippen MR) is 90.3 cm³/mol. The van der Waals surface area contributed by atoms with Gasteiger partial charge < -0.3 is 15.5 Å². The Kier molecular flexibility index (Phi) is 4.26. The molecule has 0 unspecified atom stereocenters. The third-order valence-corrected chi connectivity index (χ3v) is 3.80. The van der Waals surface area contributed by atoms with Gasteiger partial charge in [0.1, 0.15) is 16.9 Å². The standard InChI is InChI=1S/C13H18IN5O2/c1-5-19(12(20)21-13(2,3)4)11-9-8(16-6-17-9)7(14)10(15)18-11/h6H,5H2,1-4H3,(H2,15,18)(H,16,17). The Morgan fingerprint density at radius 2 is 2.19 bits per heavy atom. The molecule has 0 saturated heterocycles. The number of hydrogen-bond acceptors (Lipinski definition) is 5. The summed E-state index contributed by atoms with van der Waals surface area (Å²) < 4.78 is 6.19. The first kappa shape index (κ1) is 15.8. The van der Waals surface area contributed by atoms with Crippen LogP contribution < -0.4 is 10.6 Å². The lowest BCUT2D eigenvalue weighted by molar-refractivity contribution is 0.0581. The Labute approximate surface area is 136 Å². The zero-order chi connectivity index (χ0) is 15.8. The van der Waals surface area contributed by atoms with Gasteiger partial charge in [0.05, 0.1) is 15.4 Å². The number of aromatic amines is 1. The topological polar surface area (TPSA) is 97.1 Å². The molecule has 0 fully saturated rings. The van der Waals surface area contributed by atoms with Crippen molar-refractivity contribution in [2.45, 2.75) is 33.3 Å². The molecule has 0 saturated carbocycles. The van der Waals surface area contributed by atoms with Gasteiger partial charge >= 0.3 is 6.09 Å². The lowest BCUT2D eigenvalue weighted by Crippen LogP contribution is -2.37. The van der Waals surface area contributed by atoms with E-state index < -0.39 is 11.7 Å². The van der Waals surface area contributed by atoms with Crippen LogP contribution >= 0.6 is 22.6 Å². The van der Waals surface area contributed by atoms with Gasteiger partial charge in [0.15, 0.2) is 5.82 Å². The number of rotatable bonds is 2. The van der Waals surface area contributed by atoms with E-state index in [2.05, 4.69) is 37.5 Å². The predicted octanol–water partition coefficient (Wildman–Crippen LogP) is 2.91. The minimum Gasteiger partial charge on any atom is -0.443 e. The first-order chi connectivity index (χ1) is 9.74. The number of ether oxygens (including phenoxy) is 1. The number of aromatic nitrogens is 3. The molecular formula is C13H18IN5O2. The van der Waals surface area contributed by atoms with Crippen LogP contribution in [0.3, 0.4) is 0 Å². The summed E-state index contributed by atoms with van der Waals surface area (Å²) in [6.07, 6.45) is 1.09. The highest BCUT2D eigenvalue weighted by atomic mass is 127. The summed E-state index contributed by atoms with van der Waals surface area (Å²) in [6, 6.07) is 0. The van der Waals surface area contributed by atoms with Gasteiger partial charge in [-0.2, -0.15) is 0 Å². The van der Waals surface area contributed by atoms with Gasteiger partial charge in [-0.15, -0.1) is 0 Å². The second-order valence-electron chi connectivity index (χ2n) is 5.49. The highest BCUT2D eigenvalue weighted by molar-refractivity contribution is 14.1. The van der Waals surface area contributed by atoms with Crippen LogP contribution in [0.25, 0.3) is 11.0 Å². The lowest BCUT2D eigenvalue weighted by Gasteiger charge is -2.26. The first-order valence-corrected chi connectivity index (χ1v) is 7.61. The van der Waals surface area contributed by atoms with Crippen molar-refractivity contribution in [2.24, 2.45) is 0 Å². The minimum absolute atomic E-state index is 0.351. The molecule has 2 aromatic heterocycles. The summed E-state index contributed by atoms with van der Waals surface area (Å²) in [4.78, 5) is 25.3. The molecular weight excluding hydrogens is 385 g/mol. The molecule has 21 heavy (non-hydrogen) atoms. The fraction of sp³-hybridized carbons (Fsp3) is 0.462. The van der Waals surface area contributed by atoms with E-state index in [1.807, 2.05) is 27.7 Å². The largest absolute Gasteiger partial charge is 0.443 e. The number of pyridine rings is 1. The molecule has 0 aliphatic heterocycles. The highest BCUT2D eigenvalue weighted by Gasteiger charge is 2.26. The zero-order valence-corrected chi connectivity index (χ0v) is 14.6. The minimum atomic E-state index is -0.579. The van der Waals surface area contributed by atoms with E-state index >= 15 is 0 Å². The van der Waals surface area contributed by atoms with Crippen LogP contribution in [-0.4, -0.2) is 33.2 Å². The van der Waals surface area contributed by atoms with E-state index in [0.717, 1.165) is 9.09 Å². The summed E-state index contributed by atoms with van der Waals surface area (Å²) in [5, 5.41) is 0. The third-order valence-electron chi connectivity index (χ3n) is 2.71. The molecule has 0 aliphatic rings. The third kappa shape index (κ3) is 3.20. The molecule has 7 nitrogen and oxygen atoms in total. The van der Waals surface area contributed by atoms with E-state index in [4.69, 9.17) is 10.5 Å². The normalized spacial score (nSPS) is 11.7. The fourth-order valence-corrected chi connectivity index (χ4v) is 2.38. The van der Waals surface area contributed by atoms with Gasteiger partial charge in [-0.3, -0.25) is 4.90 Å². The van der Waals surface area contributed by atoms with Crippen LogP contribution in [0.1, 0.15) is 27.7 Å². The van der Waals surface area contributed by atoms with Gasteiger partial charge in [-0.1, -0.05) is 0 Å². The molecule has 114 valence electrons. The summed E-state index contributed by atoms with van der Waals surface area (Å²) in [5.41, 5.74) is 6.70. The van der Waals surface area contributed by atoms with E-state index in [9.17, 15) is 4.79 Å². The maximum Gasteiger partial charge on any atom is 0.416 e. The Bertz CT molecular complexity index is 677. The number of nitrogens with two attached hydrogens (primary N) is 1. The average Bonchev–Trinajstić information content (AvgIpc) is 2.83. The molecule has 2 aromatic rings. The number of nitrogens with one attached hydrogen (secondary N) is 1. The lowest BCUT2D eigenvalue weighted by atomic mass is 10.2. The molecule has 0 bridgehead atoms. The Morgan fingerprint density at radius 3 is 2.76 bits per heavy atom. The number of halogens is 1. The van der Waals surface area contributed by atoms with E-state index in [1.165, 1.54) is 4.90 Å². The number of H-pyrrole nitrogens is 1. The molecule has 0 aliphatic carbocycles. The Balaban J connectivity index is 2.50. The van der Waals surface area contributed by atoms with Crippen molar-refractivity contribution in [3.8, 4) is 0 Å². The van der Waals surface area contributed by atoms with Crippen LogP contribution in [0.2, 0.25) is 0 Å². The number of amides is 1.